The minimum absolute atomic E-state index is 0.339. The van der Waals surface area contributed by atoms with Crippen LogP contribution in [0.2, 0.25) is 0 Å². The van der Waals surface area contributed by atoms with Crippen molar-refractivity contribution >= 4 is 0 Å². The summed E-state index contributed by atoms with van der Waals surface area (Å²) in [5.74, 6) is 2.38. The third-order valence-corrected chi connectivity index (χ3v) is 9.38. The topological polar surface area (TPSA) is 42.3 Å². The molecule has 0 spiro atoms. The number of nitrogens with zero attached hydrogens (tertiary/aromatic N) is 3. The molecule has 0 bridgehead atoms. The normalized spacial score (nSPS) is 27.1. The predicted octanol–water partition coefficient (Wildman–Crippen LogP) is 5.40. The summed E-state index contributed by atoms with van der Waals surface area (Å²) in [6.45, 7) is 14.0. The molecule has 4 aliphatic rings. The van der Waals surface area contributed by atoms with Crippen molar-refractivity contribution in [1.82, 2.24) is 15.1 Å². The van der Waals surface area contributed by atoms with Gasteiger partial charge in [-0.3, -0.25) is 0 Å². The monoisotopic (exact) mass is 470 g/mol. The zero-order valence-corrected chi connectivity index (χ0v) is 21.5. The van der Waals surface area contributed by atoms with Crippen LogP contribution in [0.15, 0.2) is 60.3 Å². The van der Waals surface area contributed by atoms with Crippen molar-refractivity contribution < 1.29 is 0 Å². The van der Waals surface area contributed by atoms with E-state index in [4.69, 9.17) is 5.26 Å². The van der Waals surface area contributed by atoms with Gasteiger partial charge >= 0.3 is 0 Å². The number of hydrogen-bond donors (Lipinski definition) is 1. The van der Waals surface area contributed by atoms with Crippen LogP contribution in [-0.2, 0) is 12.0 Å². The van der Waals surface area contributed by atoms with Crippen molar-refractivity contribution in [2.75, 3.05) is 39.3 Å². The Bertz CT molecular complexity index is 997. The van der Waals surface area contributed by atoms with Crippen LogP contribution in [0.25, 0.3) is 0 Å². The molecule has 1 N–H and O–H groups in total. The lowest BCUT2D eigenvalue weighted by molar-refractivity contribution is 0.0490. The third-order valence-electron chi connectivity index (χ3n) is 9.38. The second-order valence-corrected chi connectivity index (χ2v) is 11.3. The molecule has 0 amide bonds. The molecule has 35 heavy (non-hydrogen) atoms. The van der Waals surface area contributed by atoms with Gasteiger partial charge in [-0.05, 0) is 80.8 Å². The Hall–Kier alpha value is -2.35. The summed E-state index contributed by atoms with van der Waals surface area (Å²) in [7, 11) is 0. The summed E-state index contributed by atoms with van der Waals surface area (Å²) < 4.78 is 0. The molecule has 0 aromatic heterocycles. The van der Waals surface area contributed by atoms with Gasteiger partial charge in [0.15, 0.2) is 0 Å². The van der Waals surface area contributed by atoms with Gasteiger partial charge in [-0.1, -0.05) is 49.8 Å². The van der Waals surface area contributed by atoms with Crippen LogP contribution in [-0.4, -0.2) is 49.1 Å². The van der Waals surface area contributed by atoms with Gasteiger partial charge in [-0.2, -0.15) is 5.26 Å². The van der Waals surface area contributed by atoms with Crippen molar-refractivity contribution in [3.63, 3.8) is 0 Å². The van der Waals surface area contributed by atoms with E-state index in [1.165, 1.54) is 70.4 Å². The molecule has 1 atom stereocenters. The molecule has 1 saturated carbocycles. The number of piperidine rings is 1. The lowest BCUT2D eigenvalue weighted by Gasteiger charge is -2.52. The first kappa shape index (κ1) is 24.3. The van der Waals surface area contributed by atoms with Crippen molar-refractivity contribution in [2.24, 2.45) is 17.8 Å². The highest BCUT2D eigenvalue weighted by Gasteiger charge is 2.50. The Morgan fingerprint density at radius 2 is 1.83 bits per heavy atom. The molecule has 5 rings (SSSR count). The number of rotatable bonds is 7. The Morgan fingerprint density at radius 3 is 2.54 bits per heavy atom. The summed E-state index contributed by atoms with van der Waals surface area (Å²) >= 11 is 0. The van der Waals surface area contributed by atoms with Crippen LogP contribution in [0, 0.1) is 29.1 Å². The molecule has 1 unspecified atom stereocenters. The van der Waals surface area contributed by atoms with Gasteiger partial charge in [0.25, 0.3) is 0 Å². The van der Waals surface area contributed by atoms with E-state index in [2.05, 4.69) is 65.0 Å². The standard InChI is InChI=1S/C31H42N4/c1-3-29(13-12-24(2)18-32)35-21-25(22-35)20-34-16-14-28(15-17-34)31(27-9-5-6-10-27)23-33-19-26-8-4-7-11-30(26)31/h3-4,7-8,11-13,25,27-28,33H,2,5-6,9-10,14-17,19-23H2,1H3/b13-12-,29-3+. The van der Waals surface area contributed by atoms with Crippen LogP contribution in [0.4, 0.5) is 0 Å². The van der Waals surface area contributed by atoms with Crippen molar-refractivity contribution in [2.45, 2.75) is 57.4 Å². The minimum atomic E-state index is 0.339. The minimum Gasteiger partial charge on any atom is -0.371 e. The van der Waals surface area contributed by atoms with Crippen molar-refractivity contribution in [3.05, 3.63) is 71.5 Å². The van der Waals surface area contributed by atoms with E-state index in [-0.39, 0.29) is 0 Å². The first-order chi connectivity index (χ1) is 17.1. The van der Waals surface area contributed by atoms with Gasteiger partial charge < -0.3 is 15.1 Å². The zero-order valence-electron chi connectivity index (χ0n) is 21.5. The van der Waals surface area contributed by atoms with Gasteiger partial charge in [-0.15, -0.1) is 0 Å². The number of allylic oxidation sites excluding steroid dienone is 4. The van der Waals surface area contributed by atoms with E-state index in [1.807, 2.05) is 12.2 Å². The van der Waals surface area contributed by atoms with Crippen molar-refractivity contribution in [1.29, 1.82) is 5.26 Å². The lowest BCUT2D eigenvalue weighted by atomic mass is 9.57. The second-order valence-electron chi connectivity index (χ2n) is 11.3. The molecular formula is C31H42N4. The molecule has 0 radical (unpaired) electrons. The summed E-state index contributed by atoms with van der Waals surface area (Å²) in [5.41, 5.74) is 5.29. The Balaban J connectivity index is 1.19. The fourth-order valence-electron chi connectivity index (χ4n) is 7.63. The molecule has 186 valence electrons. The largest absolute Gasteiger partial charge is 0.371 e. The summed E-state index contributed by atoms with van der Waals surface area (Å²) in [4.78, 5) is 5.17. The van der Waals surface area contributed by atoms with E-state index >= 15 is 0 Å². The molecule has 2 saturated heterocycles. The average Bonchev–Trinajstić information content (AvgIpc) is 3.42. The maximum Gasteiger partial charge on any atom is 0.0985 e. The Labute approximate surface area is 212 Å². The fourth-order valence-corrected chi connectivity index (χ4v) is 7.63. The fraction of sp³-hybridized carbons (Fsp3) is 0.581. The highest BCUT2D eigenvalue weighted by atomic mass is 15.2. The number of likely N-dealkylation sites (tertiary alicyclic amines) is 2. The second kappa shape index (κ2) is 10.7. The number of nitriles is 1. The molecule has 1 aliphatic carbocycles. The Morgan fingerprint density at radius 1 is 1.11 bits per heavy atom. The van der Waals surface area contributed by atoms with E-state index in [9.17, 15) is 0 Å². The van der Waals surface area contributed by atoms with Gasteiger partial charge in [0.05, 0.1) is 6.07 Å². The first-order valence-electron chi connectivity index (χ1n) is 13.8. The maximum absolute atomic E-state index is 8.94. The summed E-state index contributed by atoms with van der Waals surface area (Å²) in [5, 5.41) is 12.8. The molecule has 3 fully saturated rings. The molecule has 1 aromatic carbocycles. The number of hydrogen-bond acceptors (Lipinski definition) is 4. The number of nitrogens with one attached hydrogen (secondary N) is 1. The van der Waals surface area contributed by atoms with Gasteiger partial charge in [-0.25, -0.2) is 0 Å². The Kier molecular flexibility index (Phi) is 7.46. The third kappa shape index (κ3) is 4.86. The molecule has 3 aliphatic heterocycles. The summed E-state index contributed by atoms with van der Waals surface area (Å²) in [6.07, 6.45) is 14.3. The van der Waals surface area contributed by atoms with E-state index < -0.39 is 0 Å². The average molecular weight is 471 g/mol. The van der Waals surface area contributed by atoms with Crippen molar-refractivity contribution in [3.8, 4) is 6.07 Å². The van der Waals surface area contributed by atoms with E-state index in [1.54, 1.807) is 11.1 Å². The van der Waals surface area contributed by atoms with Gasteiger partial charge in [0, 0.05) is 55.3 Å². The highest BCUT2D eigenvalue weighted by molar-refractivity contribution is 5.39. The smallest absolute Gasteiger partial charge is 0.0985 e. The quantitative estimate of drug-likeness (QED) is 0.428. The molecular weight excluding hydrogens is 428 g/mol. The van der Waals surface area contributed by atoms with E-state index in [0.717, 1.165) is 37.4 Å². The SMILES string of the molecule is C=C(C#N)/C=C\C(=C/C)N1CC(CN2CCC(C3(C4CCCC4)CNCc4ccccc43)CC2)C1. The van der Waals surface area contributed by atoms with Gasteiger partial charge in [0.1, 0.15) is 0 Å². The first-order valence-corrected chi connectivity index (χ1v) is 13.8. The van der Waals surface area contributed by atoms with Crippen LogP contribution < -0.4 is 5.32 Å². The molecule has 1 aromatic rings. The van der Waals surface area contributed by atoms with Crippen LogP contribution >= 0.6 is 0 Å². The van der Waals surface area contributed by atoms with Crippen LogP contribution in [0.1, 0.15) is 56.6 Å². The molecule has 4 nitrogen and oxygen atoms in total. The van der Waals surface area contributed by atoms with Crippen LogP contribution in [0.3, 0.4) is 0 Å². The molecule has 3 heterocycles. The maximum atomic E-state index is 8.94. The van der Waals surface area contributed by atoms with Crippen LogP contribution in [0.5, 0.6) is 0 Å². The van der Waals surface area contributed by atoms with E-state index in [0.29, 0.717) is 11.0 Å². The number of fused-ring (bicyclic) bond motifs is 1. The zero-order chi connectivity index (χ0) is 24.3. The predicted molar refractivity (Wildman–Crippen MR) is 144 cm³/mol. The number of benzene rings is 1. The molecule has 4 heteroatoms. The lowest BCUT2D eigenvalue weighted by Crippen LogP contribution is -2.56. The highest BCUT2D eigenvalue weighted by Crippen LogP contribution is 2.52. The van der Waals surface area contributed by atoms with Gasteiger partial charge in [0.2, 0.25) is 0 Å². The summed E-state index contributed by atoms with van der Waals surface area (Å²) in [6, 6.07) is 11.5.